The van der Waals surface area contributed by atoms with Crippen molar-refractivity contribution in [3.63, 3.8) is 0 Å². The second-order valence-electron chi connectivity index (χ2n) is 8.91. The molecule has 8 nitrogen and oxygen atoms in total. The molecule has 10 heteroatoms. The number of methoxy groups -OCH3 is 1. The first-order valence-corrected chi connectivity index (χ1v) is 13.3. The molecular formula is C30H23FIN3O5. The van der Waals surface area contributed by atoms with E-state index in [9.17, 15) is 18.8 Å². The minimum Gasteiger partial charge on any atom is -0.493 e. The lowest BCUT2D eigenvalue weighted by molar-refractivity contribution is -0.127. The normalized spacial score (nSPS) is 14.0. The monoisotopic (exact) mass is 651 g/mol. The van der Waals surface area contributed by atoms with Crippen LogP contribution in [0, 0.1) is 9.39 Å². The quantitative estimate of drug-likeness (QED) is 0.145. The van der Waals surface area contributed by atoms with Crippen molar-refractivity contribution in [1.29, 1.82) is 0 Å². The van der Waals surface area contributed by atoms with Crippen molar-refractivity contribution in [2.24, 2.45) is 0 Å². The standard InChI is InChI=1S/C30H23FIN3O5/c1-39-26-15-19(13-23(32)28(26)40-17-18-10-11-20-6-2-3-7-21(20)12-18)14-25-29(37)35(30(38)34-25)16-27(36)33-24-9-5-4-8-22(24)31/h2-15H,16-17H2,1H3,(H,33,36)(H,34,38)/b25-14+. The number of carbonyl (C=O) groups is 3. The smallest absolute Gasteiger partial charge is 0.329 e. The summed E-state index contributed by atoms with van der Waals surface area (Å²) in [5, 5.41) is 7.12. The molecule has 4 amide bonds. The first-order valence-electron chi connectivity index (χ1n) is 12.2. The molecule has 0 spiro atoms. The van der Waals surface area contributed by atoms with Crippen molar-refractivity contribution in [3.8, 4) is 11.5 Å². The number of halogens is 2. The Balaban J connectivity index is 1.29. The number of nitrogens with one attached hydrogen (secondary N) is 2. The van der Waals surface area contributed by atoms with Gasteiger partial charge in [-0.05, 0) is 80.9 Å². The van der Waals surface area contributed by atoms with Crippen molar-refractivity contribution < 1.29 is 28.2 Å². The molecule has 0 radical (unpaired) electrons. The highest BCUT2D eigenvalue weighted by atomic mass is 127. The number of fused-ring (bicyclic) bond motifs is 1. The molecule has 5 rings (SSSR count). The lowest BCUT2D eigenvalue weighted by Gasteiger charge is -2.14. The van der Waals surface area contributed by atoms with Gasteiger partial charge in [0, 0.05) is 0 Å². The predicted molar refractivity (Wildman–Crippen MR) is 157 cm³/mol. The van der Waals surface area contributed by atoms with Crippen molar-refractivity contribution in [3.05, 3.63) is 105 Å². The highest BCUT2D eigenvalue weighted by molar-refractivity contribution is 14.1. The molecule has 0 bridgehead atoms. The SMILES string of the molecule is COc1cc(/C=C2/NC(=O)N(CC(=O)Nc3ccccc3F)C2=O)cc(I)c1OCc1ccc2ccccc2c1. The van der Waals surface area contributed by atoms with Gasteiger partial charge in [-0.2, -0.15) is 0 Å². The number of ether oxygens (including phenoxy) is 2. The van der Waals surface area contributed by atoms with E-state index in [1.807, 2.05) is 30.3 Å². The lowest BCUT2D eigenvalue weighted by atomic mass is 10.1. The van der Waals surface area contributed by atoms with Crippen LogP contribution in [0.25, 0.3) is 16.8 Å². The number of anilines is 1. The first kappa shape index (κ1) is 27.1. The average molecular weight is 651 g/mol. The van der Waals surface area contributed by atoms with Crippen molar-refractivity contribution in [2.45, 2.75) is 6.61 Å². The summed E-state index contributed by atoms with van der Waals surface area (Å²) in [5.41, 5.74) is 1.54. The van der Waals surface area contributed by atoms with E-state index >= 15 is 0 Å². The number of hydrogen-bond acceptors (Lipinski definition) is 5. The number of para-hydroxylation sites is 1. The Morgan fingerprint density at radius 2 is 1.77 bits per heavy atom. The Morgan fingerprint density at radius 1 is 1.02 bits per heavy atom. The molecule has 40 heavy (non-hydrogen) atoms. The largest absolute Gasteiger partial charge is 0.493 e. The number of hydrogen-bond donors (Lipinski definition) is 2. The lowest BCUT2D eigenvalue weighted by Crippen LogP contribution is -2.38. The van der Waals surface area contributed by atoms with Gasteiger partial charge in [-0.25, -0.2) is 14.1 Å². The number of nitrogens with zero attached hydrogens (tertiary/aromatic N) is 1. The summed E-state index contributed by atoms with van der Waals surface area (Å²) >= 11 is 2.12. The summed E-state index contributed by atoms with van der Waals surface area (Å²) in [4.78, 5) is 38.5. The number of benzene rings is 4. The maximum absolute atomic E-state index is 13.8. The number of rotatable bonds is 8. The fraction of sp³-hybridized carbons (Fsp3) is 0.100. The fourth-order valence-corrected chi connectivity index (χ4v) is 5.01. The zero-order chi connectivity index (χ0) is 28.2. The molecule has 1 saturated heterocycles. The van der Waals surface area contributed by atoms with Gasteiger partial charge in [-0.1, -0.05) is 48.5 Å². The highest BCUT2D eigenvalue weighted by Gasteiger charge is 2.35. The summed E-state index contributed by atoms with van der Waals surface area (Å²) in [6.45, 7) is -0.241. The Bertz CT molecular complexity index is 1670. The molecule has 1 aliphatic heterocycles. The van der Waals surface area contributed by atoms with E-state index in [0.717, 1.165) is 24.8 Å². The summed E-state index contributed by atoms with van der Waals surface area (Å²) in [6.07, 6.45) is 1.49. The summed E-state index contributed by atoms with van der Waals surface area (Å²) in [6, 6.07) is 22.6. The van der Waals surface area contributed by atoms with Crippen LogP contribution in [0.3, 0.4) is 0 Å². The Kier molecular flexibility index (Phi) is 7.96. The minimum atomic E-state index is -0.753. The van der Waals surface area contributed by atoms with Crippen LogP contribution in [0.1, 0.15) is 11.1 Å². The maximum atomic E-state index is 13.8. The van der Waals surface area contributed by atoms with E-state index in [1.54, 1.807) is 18.2 Å². The Labute approximate surface area is 242 Å². The molecule has 1 aliphatic rings. The molecule has 1 fully saturated rings. The van der Waals surface area contributed by atoms with E-state index in [2.05, 4.69) is 45.4 Å². The molecule has 1 heterocycles. The predicted octanol–water partition coefficient (Wildman–Crippen LogP) is 5.70. The van der Waals surface area contributed by atoms with Gasteiger partial charge >= 0.3 is 6.03 Å². The van der Waals surface area contributed by atoms with Gasteiger partial charge in [0.25, 0.3) is 5.91 Å². The van der Waals surface area contributed by atoms with Crippen molar-refractivity contribution in [1.82, 2.24) is 10.2 Å². The van der Waals surface area contributed by atoms with E-state index in [1.165, 1.54) is 31.4 Å². The third-order valence-corrected chi connectivity index (χ3v) is 6.97. The molecule has 0 atom stereocenters. The molecule has 202 valence electrons. The average Bonchev–Trinajstić information content (AvgIpc) is 3.20. The zero-order valence-corrected chi connectivity index (χ0v) is 23.4. The minimum absolute atomic E-state index is 0.00798. The summed E-state index contributed by atoms with van der Waals surface area (Å²) < 4.78 is 26.2. The van der Waals surface area contributed by atoms with Crippen LogP contribution in [0.5, 0.6) is 11.5 Å². The number of carbonyl (C=O) groups excluding carboxylic acids is 3. The van der Waals surface area contributed by atoms with E-state index < -0.39 is 30.2 Å². The number of imide groups is 1. The molecule has 0 aliphatic carbocycles. The fourth-order valence-electron chi connectivity index (χ4n) is 4.23. The Hall–Kier alpha value is -4.45. The zero-order valence-electron chi connectivity index (χ0n) is 21.2. The maximum Gasteiger partial charge on any atom is 0.329 e. The van der Waals surface area contributed by atoms with Crippen molar-refractivity contribution >= 4 is 63.0 Å². The number of amides is 4. The third kappa shape index (κ3) is 5.91. The van der Waals surface area contributed by atoms with Gasteiger partial charge in [0.15, 0.2) is 11.5 Å². The molecule has 0 aromatic heterocycles. The first-order chi connectivity index (χ1) is 19.3. The van der Waals surface area contributed by atoms with Crippen LogP contribution in [-0.2, 0) is 16.2 Å². The Morgan fingerprint density at radius 3 is 2.55 bits per heavy atom. The van der Waals surface area contributed by atoms with Crippen LogP contribution in [0.4, 0.5) is 14.9 Å². The molecule has 4 aromatic rings. The van der Waals surface area contributed by atoms with Gasteiger partial charge in [0.1, 0.15) is 24.7 Å². The summed E-state index contributed by atoms with van der Waals surface area (Å²) in [5.74, 6) is -1.01. The van der Waals surface area contributed by atoms with E-state index in [0.29, 0.717) is 23.7 Å². The van der Waals surface area contributed by atoms with E-state index in [-0.39, 0.29) is 11.4 Å². The molecule has 0 unspecified atom stereocenters. The van der Waals surface area contributed by atoms with Crippen LogP contribution in [0.15, 0.2) is 84.6 Å². The third-order valence-electron chi connectivity index (χ3n) is 6.17. The highest BCUT2D eigenvalue weighted by Crippen LogP contribution is 2.35. The molecule has 4 aromatic carbocycles. The summed E-state index contributed by atoms with van der Waals surface area (Å²) in [7, 11) is 1.52. The van der Waals surface area contributed by atoms with Crippen molar-refractivity contribution in [2.75, 3.05) is 19.0 Å². The van der Waals surface area contributed by atoms with Gasteiger partial charge in [-0.15, -0.1) is 0 Å². The topological polar surface area (TPSA) is 97.0 Å². The molecule has 2 N–H and O–H groups in total. The second kappa shape index (κ2) is 11.7. The van der Waals surface area contributed by atoms with Crippen LogP contribution < -0.4 is 20.1 Å². The second-order valence-corrected chi connectivity index (χ2v) is 10.1. The van der Waals surface area contributed by atoms with Gasteiger partial charge in [-0.3, -0.25) is 9.59 Å². The van der Waals surface area contributed by atoms with Crippen LogP contribution in [-0.4, -0.2) is 36.4 Å². The van der Waals surface area contributed by atoms with Gasteiger partial charge in [0.05, 0.1) is 16.4 Å². The van der Waals surface area contributed by atoms with Crippen LogP contribution >= 0.6 is 22.6 Å². The molecular weight excluding hydrogens is 628 g/mol. The molecule has 0 saturated carbocycles. The van der Waals surface area contributed by atoms with E-state index in [4.69, 9.17) is 9.47 Å². The van der Waals surface area contributed by atoms with Gasteiger partial charge in [0.2, 0.25) is 5.91 Å². The van der Waals surface area contributed by atoms with Crippen LogP contribution in [0.2, 0.25) is 0 Å². The number of urea groups is 1. The van der Waals surface area contributed by atoms with Gasteiger partial charge < -0.3 is 20.1 Å².